The first-order valence-corrected chi connectivity index (χ1v) is 6.75. The van der Waals surface area contributed by atoms with Crippen LogP contribution in [0, 0.1) is 11.8 Å². The van der Waals surface area contributed by atoms with Crippen molar-refractivity contribution in [2.24, 2.45) is 5.10 Å². The third kappa shape index (κ3) is 2.73. The molecule has 1 atom stereocenters. The Morgan fingerprint density at radius 3 is 2.30 bits per heavy atom. The van der Waals surface area contributed by atoms with Gasteiger partial charge in [0.15, 0.2) is 0 Å². The molecule has 2 aromatic rings. The quantitative estimate of drug-likeness (QED) is 0.717. The van der Waals surface area contributed by atoms with Gasteiger partial charge in [0.25, 0.3) is 0 Å². The first-order valence-electron chi connectivity index (χ1n) is 6.75. The third-order valence-electron chi connectivity index (χ3n) is 3.43. The molecule has 98 valence electrons. The fourth-order valence-electron chi connectivity index (χ4n) is 2.37. The van der Waals surface area contributed by atoms with Crippen LogP contribution in [0.15, 0.2) is 65.8 Å². The van der Waals surface area contributed by atoms with Gasteiger partial charge >= 0.3 is 0 Å². The van der Waals surface area contributed by atoms with Gasteiger partial charge in [0.05, 0.1) is 6.04 Å². The third-order valence-corrected chi connectivity index (χ3v) is 3.43. The smallest absolute Gasteiger partial charge is 0.113 e. The molecule has 2 heteroatoms. The van der Waals surface area contributed by atoms with Crippen LogP contribution in [-0.4, -0.2) is 17.8 Å². The van der Waals surface area contributed by atoms with E-state index < -0.39 is 0 Å². The second kappa shape index (κ2) is 5.63. The average Bonchev–Trinajstić information content (AvgIpc) is 2.88. The molecule has 0 saturated heterocycles. The number of benzene rings is 2. The molecule has 3 rings (SSSR count). The number of hydrazone groups is 1. The Kier molecular flexibility index (Phi) is 3.52. The highest BCUT2D eigenvalue weighted by Gasteiger charge is 2.23. The normalized spacial score (nSPS) is 17.4. The molecule has 1 heterocycles. The minimum atomic E-state index is 0.302. The maximum absolute atomic E-state index is 4.54. The van der Waals surface area contributed by atoms with E-state index in [4.69, 9.17) is 0 Å². The van der Waals surface area contributed by atoms with E-state index in [1.165, 1.54) is 5.56 Å². The molecule has 0 aromatic heterocycles. The van der Waals surface area contributed by atoms with Gasteiger partial charge in [0.1, 0.15) is 5.71 Å². The zero-order valence-electron chi connectivity index (χ0n) is 11.5. The average molecular weight is 260 g/mol. The highest BCUT2D eigenvalue weighted by Crippen LogP contribution is 2.28. The molecule has 20 heavy (non-hydrogen) atoms. The van der Waals surface area contributed by atoms with Crippen LogP contribution >= 0.6 is 0 Å². The van der Waals surface area contributed by atoms with E-state index in [-0.39, 0.29) is 0 Å². The van der Waals surface area contributed by atoms with Crippen molar-refractivity contribution in [2.45, 2.75) is 12.5 Å². The van der Waals surface area contributed by atoms with Crippen LogP contribution in [0.5, 0.6) is 0 Å². The summed E-state index contributed by atoms with van der Waals surface area (Å²) in [6.07, 6.45) is 0.875. The summed E-state index contributed by atoms with van der Waals surface area (Å²) >= 11 is 0. The van der Waals surface area contributed by atoms with Crippen molar-refractivity contribution in [3.8, 4) is 11.8 Å². The van der Waals surface area contributed by atoms with Gasteiger partial charge in [0, 0.05) is 19.0 Å². The predicted octanol–water partition coefficient (Wildman–Crippen LogP) is 3.47. The van der Waals surface area contributed by atoms with E-state index in [9.17, 15) is 0 Å². The van der Waals surface area contributed by atoms with E-state index in [2.05, 4.69) is 41.2 Å². The number of hydrogen-bond donors (Lipinski definition) is 0. The maximum atomic E-state index is 4.54. The standard InChI is InChI=1S/C18H16N2/c1-20-18(16-10-6-3-7-11-16)14-17(19-20)13-12-15-8-4-2-5-9-15/h2-11,18H,14H2,1H3/t18-/m1/s1. The highest BCUT2D eigenvalue weighted by molar-refractivity contribution is 6.02. The Labute approximate surface area is 119 Å². The van der Waals surface area contributed by atoms with Gasteiger partial charge in [-0.15, -0.1) is 0 Å². The van der Waals surface area contributed by atoms with Crippen molar-refractivity contribution in [1.82, 2.24) is 5.01 Å². The zero-order valence-corrected chi connectivity index (χ0v) is 11.5. The largest absolute Gasteiger partial charge is 0.291 e. The van der Waals surface area contributed by atoms with Crippen LogP contribution in [-0.2, 0) is 0 Å². The second-order valence-electron chi connectivity index (χ2n) is 4.87. The van der Waals surface area contributed by atoms with Gasteiger partial charge in [-0.05, 0) is 23.6 Å². The van der Waals surface area contributed by atoms with Crippen LogP contribution in [0.4, 0.5) is 0 Å². The van der Waals surface area contributed by atoms with E-state index in [0.717, 1.165) is 17.7 Å². The summed E-state index contributed by atoms with van der Waals surface area (Å²) < 4.78 is 0. The molecule has 2 aromatic carbocycles. The molecule has 1 aliphatic rings. The van der Waals surface area contributed by atoms with E-state index in [1.54, 1.807) is 0 Å². The lowest BCUT2D eigenvalue weighted by molar-refractivity contribution is 0.290. The van der Waals surface area contributed by atoms with Gasteiger partial charge < -0.3 is 0 Å². The molecular formula is C18H16N2. The van der Waals surface area contributed by atoms with Crippen LogP contribution in [0.1, 0.15) is 23.6 Å². The molecule has 0 fully saturated rings. The lowest BCUT2D eigenvalue weighted by Crippen LogP contribution is -2.13. The van der Waals surface area contributed by atoms with Crippen molar-refractivity contribution in [3.63, 3.8) is 0 Å². The van der Waals surface area contributed by atoms with Crippen LogP contribution in [0.25, 0.3) is 0 Å². The fraction of sp³-hybridized carbons (Fsp3) is 0.167. The number of hydrogen-bond acceptors (Lipinski definition) is 2. The van der Waals surface area contributed by atoms with Gasteiger partial charge in [-0.1, -0.05) is 54.5 Å². The summed E-state index contributed by atoms with van der Waals surface area (Å²) in [5.41, 5.74) is 3.27. The van der Waals surface area contributed by atoms with Gasteiger partial charge in [-0.3, -0.25) is 5.01 Å². The lowest BCUT2D eigenvalue weighted by atomic mass is 10.0. The first-order chi connectivity index (χ1) is 9.83. The molecule has 2 nitrogen and oxygen atoms in total. The Morgan fingerprint density at radius 1 is 0.950 bits per heavy atom. The summed E-state index contributed by atoms with van der Waals surface area (Å²) in [5.74, 6) is 6.36. The van der Waals surface area contributed by atoms with E-state index in [1.807, 2.05) is 48.5 Å². The molecule has 0 bridgehead atoms. The molecule has 1 aliphatic heterocycles. The van der Waals surface area contributed by atoms with Gasteiger partial charge in [-0.25, -0.2) is 0 Å². The topological polar surface area (TPSA) is 15.6 Å². The fourth-order valence-corrected chi connectivity index (χ4v) is 2.37. The summed E-state index contributed by atoms with van der Waals surface area (Å²) in [5, 5.41) is 6.54. The van der Waals surface area contributed by atoms with Crippen LogP contribution in [0.2, 0.25) is 0 Å². The van der Waals surface area contributed by atoms with Crippen molar-refractivity contribution < 1.29 is 0 Å². The molecule has 0 spiro atoms. The van der Waals surface area contributed by atoms with Crippen LogP contribution in [0.3, 0.4) is 0 Å². The molecular weight excluding hydrogens is 244 g/mol. The predicted molar refractivity (Wildman–Crippen MR) is 82.3 cm³/mol. The van der Waals surface area contributed by atoms with Crippen LogP contribution < -0.4 is 0 Å². The molecule has 0 amide bonds. The van der Waals surface area contributed by atoms with E-state index >= 15 is 0 Å². The van der Waals surface area contributed by atoms with Crippen molar-refractivity contribution in [1.29, 1.82) is 0 Å². The zero-order chi connectivity index (χ0) is 13.8. The Balaban J connectivity index is 1.75. The molecule has 0 radical (unpaired) electrons. The Bertz CT molecular complexity index is 663. The summed E-state index contributed by atoms with van der Waals surface area (Å²) in [6, 6.07) is 20.8. The monoisotopic (exact) mass is 260 g/mol. The number of rotatable bonds is 1. The Morgan fingerprint density at radius 2 is 1.60 bits per heavy atom. The lowest BCUT2D eigenvalue weighted by Gasteiger charge is -2.18. The summed E-state index contributed by atoms with van der Waals surface area (Å²) in [7, 11) is 2.01. The number of nitrogens with zero attached hydrogens (tertiary/aromatic N) is 2. The van der Waals surface area contributed by atoms with Crippen molar-refractivity contribution in [2.75, 3.05) is 7.05 Å². The molecule has 0 unspecified atom stereocenters. The molecule has 0 N–H and O–H groups in total. The second-order valence-corrected chi connectivity index (χ2v) is 4.87. The SMILES string of the molecule is CN1N=C(C#Cc2ccccc2)C[C@@H]1c1ccccc1. The molecule has 0 aliphatic carbocycles. The minimum Gasteiger partial charge on any atom is -0.291 e. The van der Waals surface area contributed by atoms with Crippen molar-refractivity contribution >= 4 is 5.71 Å². The maximum Gasteiger partial charge on any atom is 0.113 e. The van der Waals surface area contributed by atoms with Gasteiger partial charge in [-0.2, -0.15) is 5.10 Å². The minimum absolute atomic E-state index is 0.302. The van der Waals surface area contributed by atoms with Crippen molar-refractivity contribution in [3.05, 3.63) is 71.8 Å². The summed E-state index contributed by atoms with van der Waals surface area (Å²) in [6.45, 7) is 0. The van der Waals surface area contributed by atoms with Gasteiger partial charge in [0.2, 0.25) is 0 Å². The summed E-state index contributed by atoms with van der Waals surface area (Å²) in [4.78, 5) is 0. The first kappa shape index (κ1) is 12.5. The highest BCUT2D eigenvalue weighted by atomic mass is 15.5. The molecule has 0 saturated carbocycles. The van der Waals surface area contributed by atoms with E-state index in [0.29, 0.717) is 6.04 Å². The Hall–Kier alpha value is -2.53.